The van der Waals surface area contributed by atoms with Crippen LogP contribution in [0.4, 0.5) is 0 Å². The summed E-state index contributed by atoms with van der Waals surface area (Å²) in [6, 6.07) is 0. The average molecular weight is 1070 g/mol. The van der Waals surface area contributed by atoms with E-state index in [1.165, 1.54) is 116 Å². The summed E-state index contributed by atoms with van der Waals surface area (Å²) >= 11 is 0. The van der Waals surface area contributed by atoms with Crippen molar-refractivity contribution in [2.45, 2.75) is 297 Å². The Hall–Kier alpha value is -4.19. The predicted octanol–water partition coefficient (Wildman–Crippen LogP) is 22.0. The minimum absolute atomic E-state index is 0.0950. The fraction of sp³-hybridized carbons (Fsp3) is 0.676. The van der Waals surface area contributed by atoms with Crippen molar-refractivity contribution in [3.63, 3.8) is 0 Å². The van der Waals surface area contributed by atoms with E-state index in [1.807, 2.05) is 0 Å². The minimum atomic E-state index is -0.799. The van der Waals surface area contributed by atoms with Crippen molar-refractivity contribution in [3.05, 3.63) is 122 Å². The van der Waals surface area contributed by atoms with Crippen LogP contribution in [0.25, 0.3) is 0 Å². The van der Waals surface area contributed by atoms with Crippen molar-refractivity contribution < 1.29 is 28.6 Å². The number of hydrogen-bond donors (Lipinski definition) is 0. The molecule has 6 nitrogen and oxygen atoms in total. The van der Waals surface area contributed by atoms with Crippen LogP contribution in [0, 0.1) is 0 Å². The van der Waals surface area contributed by atoms with Crippen LogP contribution in [-0.2, 0) is 28.6 Å². The van der Waals surface area contributed by atoms with Crippen LogP contribution >= 0.6 is 0 Å². The van der Waals surface area contributed by atoms with Gasteiger partial charge in [0, 0.05) is 19.3 Å². The minimum Gasteiger partial charge on any atom is -0.462 e. The van der Waals surface area contributed by atoms with Gasteiger partial charge in [0.1, 0.15) is 13.2 Å². The highest BCUT2D eigenvalue weighted by molar-refractivity contribution is 5.71. The molecule has 1 unspecified atom stereocenters. The van der Waals surface area contributed by atoms with Gasteiger partial charge in [-0.2, -0.15) is 0 Å². The lowest BCUT2D eigenvalue weighted by Crippen LogP contribution is -2.30. The number of carbonyl (C=O) groups is 3. The lowest BCUT2D eigenvalue weighted by Gasteiger charge is -2.18. The summed E-state index contributed by atoms with van der Waals surface area (Å²) in [4.78, 5) is 37.9. The summed E-state index contributed by atoms with van der Waals surface area (Å²) in [7, 11) is 0. The van der Waals surface area contributed by atoms with Gasteiger partial charge in [-0.15, -0.1) is 0 Å². The molecule has 0 aliphatic rings. The summed E-state index contributed by atoms with van der Waals surface area (Å²) in [5.41, 5.74) is 0. The van der Waals surface area contributed by atoms with E-state index in [-0.39, 0.29) is 37.5 Å². The van der Waals surface area contributed by atoms with Crippen molar-refractivity contribution in [1.82, 2.24) is 0 Å². The number of unbranched alkanes of at least 4 members (excludes halogenated alkanes) is 26. The molecule has 0 rings (SSSR count). The number of ether oxygens (including phenoxy) is 3. The standard InChI is InChI=1S/C71H118O6/c1-4-7-10-13-15-17-19-21-23-25-27-29-30-31-32-33-34-35-36-37-38-39-40-42-43-45-47-49-51-53-55-58-61-64-70(73)76-67-68(66-75-69(72)63-60-57-12-9-6-3)77-71(74)65-62-59-56-54-52-50-48-46-44-41-28-26-24-22-20-18-16-14-11-8-5-2/h7-8,10-11,15-18,21-24,27-29,41,46,48,52,54,68H,4-6,9,12-14,19-20,25-26,30-40,42-45,47,49-51,53,55-67H2,1-3H3/b10-7-,11-8-,17-15-,18-16-,23-21-,24-22-,29-27-,41-28-,48-46-,54-52-. The average Bonchev–Trinajstić information content (AvgIpc) is 3.43. The van der Waals surface area contributed by atoms with E-state index in [4.69, 9.17) is 14.2 Å². The Kier molecular flexibility index (Phi) is 60.8. The third kappa shape index (κ3) is 62.5. The lowest BCUT2D eigenvalue weighted by molar-refractivity contribution is -0.167. The monoisotopic (exact) mass is 1070 g/mol. The molecule has 0 bridgehead atoms. The van der Waals surface area contributed by atoms with Gasteiger partial charge >= 0.3 is 17.9 Å². The fourth-order valence-corrected chi connectivity index (χ4v) is 8.73. The van der Waals surface area contributed by atoms with Crippen molar-refractivity contribution in [3.8, 4) is 0 Å². The fourth-order valence-electron chi connectivity index (χ4n) is 8.73. The molecule has 0 saturated carbocycles. The Morgan fingerprint density at radius 3 is 0.818 bits per heavy atom. The van der Waals surface area contributed by atoms with Gasteiger partial charge in [-0.25, -0.2) is 0 Å². The van der Waals surface area contributed by atoms with Gasteiger partial charge in [0.2, 0.25) is 0 Å². The zero-order chi connectivity index (χ0) is 55.7. The van der Waals surface area contributed by atoms with Gasteiger partial charge in [-0.1, -0.05) is 284 Å². The number of carbonyl (C=O) groups excluding carboxylic acids is 3. The topological polar surface area (TPSA) is 78.9 Å². The van der Waals surface area contributed by atoms with E-state index < -0.39 is 6.10 Å². The third-order valence-electron chi connectivity index (χ3n) is 13.5. The molecule has 0 aromatic rings. The molecule has 1 atom stereocenters. The first-order chi connectivity index (χ1) is 38.0. The molecule has 0 aromatic carbocycles. The van der Waals surface area contributed by atoms with Gasteiger partial charge in [0.25, 0.3) is 0 Å². The molecule has 438 valence electrons. The number of allylic oxidation sites excluding steroid dienone is 20. The van der Waals surface area contributed by atoms with Gasteiger partial charge in [-0.05, 0) is 109 Å². The Bertz CT molecular complexity index is 1600. The van der Waals surface area contributed by atoms with Crippen LogP contribution in [0.2, 0.25) is 0 Å². The maximum atomic E-state index is 12.8. The quantitative estimate of drug-likeness (QED) is 0.0261. The Labute approximate surface area is 475 Å². The van der Waals surface area contributed by atoms with Gasteiger partial charge < -0.3 is 14.2 Å². The second-order valence-electron chi connectivity index (χ2n) is 20.9. The van der Waals surface area contributed by atoms with Crippen molar-refractivity contribution in [1.29, 1.82) is 0 Å². The van der Waals surface area contributed by atoms with E-state index in [0.717, 1.165) is 128 Å². The maximum Gasteiger partial charge on any atom is 0.306 e. The van der Waals surface area contributed by atoms with Crippen LogP contribution in [0.15, 0.2) is 122 Å². The largest absolute Gasteiger partial charge is 0.462 e. The van der Waals surface area contributed by atoms with Crippen molar-refractivity contribution in [2.75, 3.05) is 13.2 Å². The highest BCUT2D eigenvalue weighted by Crippen LogP contribution is 2.16. The van der Waals surface area contributed by atoms with Crippen LogP contribution in [0.3, 0.4) is 0 Å². The van der Waals surface area contributed by atoms with E-state index in [2.05, 4.69) is 142 Å². The summed E-state index contributed by atoms with van der Waals surface area (Å²) in [6.45, 7) is 6.30. The second kappa shape index (κ2) is 64.3. The van der Waals surface area contributed by atoms with E-state index in [1.54, 1.807) is 0 Å². The highest BCUT2D eigenvalue weighted by Gasteiger charge is 2.19. The lowest BCUT2D eigenvalue weighted by atomic mass is 10.0. The Morgan fingerprint density at radius 1 is 0.273 bits per heavy atom. The first-order valence-electron chi connectivity index (χ1n) is 32.0. The number of esters is 3. The summed E-state index contributed by atoms with van der Waals surface area (Å²) in [6.07, 6.45) is 89.9. The van der Waals surface area contributed by atoms with E-state index >= 15 is 0 Å². The van der Waals surface area contributed by atoms with Gasteiger partial charge in [0.15, 0.2) is 6.10 Å². The molecule has 0 aliphatic heterocycles. The van der Waals surface area contributed by atoms with Crippen molar-refractivity contribution >= 4 is 17.9 Å². The zero-order valence-corrected chi connectivity index (χ0v) is 50.2. The summed E-state index contributed by atoms with van der Waals surface area (Å²) < 4.78 is 16.7. The molecule has 0 aromatic heterocycles. The molecule has 0 fully saturated rings. The molecule has 77 heavy (non-hydrogen) atoms. The molecule has 0 heterocycles. The van der Waals surface area contributed by atoms with Crippen LogP contribution < -0.4 is 0 Å². The molecular weight excluding hydrogens is 949 g/mol. The smallest absolute Gasteiger partial charge is 0.306 e. The van der Waals surface area contributed by atoms with Gasteiger partial charge in [0.05, 0.1) is 0 Å². The number of rotatable bonds is 57. The normalized spacial score (nSPS) is 12.9. The first kappa shape index (κ1) is 72.8. The Balaban J connectivity index is 4.02. The SMILES string of the molecule is CC/C=C\C/C=C\C/C=C\C/C=C\C/C=C\C/C=C\CCCCC(=O)OC(COC(=O)CCCCCCC)COC(=O)CCCCCCCCCCCCCCCCCCCCCC/C=C\C/C=C\C/C=C\C/C=C\CC. The molecule has 0 spiro atoms. The van der Waals surface area contributed by atoms with Crippen LogP contribution in [-0.4, -0.2) is 37.2 Å². The van der Waals surface area contributed by atoms with Crippen molar-refractivity contribution in [2.24, 2.45) is 0 Å². The first-order valence-corrected chi connectivity index (χ1v) is 32.0. The molecule has 0 aliphatic carbocycles. The molecule has 6 heteroatoms. The van der Waals surface area contributed by atoms with Crippen LogP contribution in [0.5, 0.6) is 0 Å². The van der Waals surface area contributed by atoms with Gasteiger partial charge in [-0.3, -0.25) is 14.4 Å². The van der Waals surface area contributed by atoms with E-state index in [9.17, 15) is 14.4 Å². The molecular formula is C71H118O6. The highest BCUT2D eigenvalue weighted by atomic mass is 16.6. The molecule has 0 amide bonds. The third-order valence-corrected chi connectivity index (χ3v) is 13.5. The maximum absolute atomic E-state index is 12.8. The summed E-state index contributed by atoms with van der Waals surface area (Å²) in [5, 5.41) is 0. The predicted molar refractivity (Wildman–Crippen MR) is 334 cm³/mol. The zero-order valence-electron chi connectivity index (χ0n) is 50.2. The van der Waals surface area contributed by atoms with Crippen LogP contribution in [0.1, 0.15) is 290 Å². The van der Waals surface area contributed by atoms with E-state index in [0.29, 0.717) is 19.3 Å². The Morgan fingerprint density at radius 2 is 0.506 bits per heavy atom. The second-order valence-corrected chi connectivity index (χ2v) is 20.9. The molecule has 0 radical (unpaired) electrons. The number of hydrogen-bond acceptors (Lipinski definition) is 6. The summed E-state index contributed by atoms with van der Waals surface area (Å²) in [5.74, 6) is -0.949. The molecule has 0 N–H and O–H groups in total. The molecule has 0 saturated heterocycles.